The van der Waals surface area contributed by atoms with Crippen molar-refractivity contribution < 1.29 is 28.1 Å². The fraction of sp³-hybridized carbons (Fsp3) is 0.407. The molecule has 0 bridgehead atoms. The van der Waals surface area contributed by atoms with Crippen molar-refractivity contribution >= 4 is 0 Å². The zero-order valence-corrected chi connectivity index (χ0v) is 19.7. The predicted molar refractivity (Wildman–Crippen MR) is 128 cm³/mol. The fourth-order valence-electron chi connectivity index (χ4n) is 4.79. The van der Waals surface area contributed by atoms with Crippen molar-refractivity contribution in [1.82, 2.24) is 9.47 Å². The molecule has 5 nitrogen and oxygen atoms in total. The van der Waals surface area contributed by atoms with Crippen molar-refractivity contribution in [3.8, 4) is 23.2 Å². The Morgan fingerprint density at radius 1 is 0.943 bits per heavy atom. The van der Waals surface area contributed by atoms with E-state index in [1.807, 2.05) is 24.3 Å². The number of benzene rings is 2. The van der Waals surface area contributed by atoms with Gasteiger partial charge in [-0.3, -0.25) is 4.57 Å². The first-order chi connectivity index (χ1) is 16.8. The number of hydrogen-bond acceptors (Lipinski definition) is 4. The summed E-state index contributed by atoms with van der Waals surface area (Å²) >= 11 is 0. The summed E-state index contributed by atoms with van der Waals surface area (Å²) in [4.78, 5) is 2.44. The van der Waals surface area contributed by atoms with Gasteiger partial charge in [0.2, 0.25) is 0 Å². The van der Waals surface area contributed by atoms with Crippen molar-refractivity contribution in [3.63, 3.8) is 0 Å². The summed E-state index contributed by atoms with van der Waals surface area (Å²) in [5.74, 6) is 0.742. The minimum atomic E-state index is -4.37. The largest absolute Gasteiger partial charge is 0.494 e. The number of aromatic nitrogens is 1. The lowest BCUT2D eigenvalue weighted by atomic mass is 9.80. The van der Waals surface area contributed by atoms with Gasteiger partial charge in [-0.05, 0) is 73.8 Å². The van der Waals surface area contributed by atoms with E-state index >= 15 is 0 Å². The molecule has 8 heteroatoms. The maximum atomic E-state index is 12.9. The van der Waals surface area contributed by atoms with Crippen molar-refractivity contribution in [2.24, 2.45) is 5.92 Å². The molecule has 1 aliphatic rings. The van der Waals surface area contributed by atoms with Gasteiger partial charge in [0.1, 0.15) is 5.75 Å². The molecule has 35 heavy (non-hydrogen) atoms. The number of ether oxygens (including phenoxy) is 1. The van der Waals surface area contributed by atoms with Crippen LogP contribution < -0.4 is 4.74 Å². The lowest BCUT2D eigenvalue weighted by Gasteiger charge is -2.39. The van der Waals surface area contributed by atoms with Gasteiger partial charge in [-0.25, -0.2) is 0 Å². The molecule has 0 saturated carbocycles. The van der Waals surface area contributed by atoms with Crippen LogP contribution in [0.4, 0.5) is 13.2 Å². The summed E-state index contributed by atoms with van der Waals surface area (Å²) in [6.45, 7) is 5.42. The van der Waals surface area contributed by atoms with Crippen LogP contribution in [0.5, 0.6) is 17.5 Å². The van der Waals surface area contributed by atoms with Gasteiger partial charge in [0.05, 0.1) is 17.9 Å². The molecule has 0 amide bonds. The molecular weight excluding hydrogens is 457 g/mol. The molecule has 2 unspecified atom stereocenters. The first kappa shape index (κ1) is 25.0. The average Bonchev–Trinajstić information content (AvgIpc) is 3.19. The second-order valence-corrected chi connectivity index (χ2v) is 9.12. The van der Waals surface area contributed by atoms with Gasteiger partial charge in [-0.2, -0.15) is 13.2 Å². The van der Waals surface area contributed by atoms with E-state index in [0.29, 0.717) is 18.0 Å². The first-order valence-electron chi connectivity index (χ1n) is 12.0. The SMILES string of the molecule is CCCCN1CCC(c2ccc(-n3c(O)ccc3O)cc2)C(COc2ccc(C(F)(F)F)cc2)C1. The third-order valence-electron chi connectivity index (χ3n) is 6.71. The topological polar surface area (TPSA) is 57.9 Å². The van der Waals surface area contributed by atoms with Crippen LogP contribution in [0, 0.1) is 5.92 Å². The Morgan fingerprint density at radius 3 is 2.20 bits per heavy atom. The standard InChI is InChI=1S/C27H31F3N2O3/c1-2-3-15-31-16-14-24(19-4-8-22(9-5-19)32-25(33)12-13-26(32)34)20(17-31)18-35-23-10-6-21(7-11-23)27(28,29)30/h4-13,20,24,33-34H,2-3,14-18H2,1H3. The van der Waals surface area contributed by atoms with Crippen LogP contribution in [-0.4, -0.2) is 45.9 Å². The average molecular weight is 489 g/mol. The van der Waals surface area contributed by atoms with Crippen LogP contribution in [-0.2, 0) is 6.18 Å². The highest BCUT2D eigenvalue weighted by atomic mass is 19.4. The minimum Gasteiger partial charge on any atom is -0.494 e. The van der Waals surface area contributed by atoms with Gasteiger partial charge in [0.25, 0.3) is 0 Å². The molecule has 1 aromatic heterocycles. The summed E-state index contributed by atoms with van der Waals surface area (Å²) in [6.07, 6.45) is -1.18. The van der Waals surface area contributed by atoms with Crippen molar-refractivity contribution in [2.45, 2.75) is 38.3 Å². The number of hydrogen-bond donors (Lipinski definition) is 2. The Balaban J connectivity index is 1.49. The maximum Gasteiger partial charge on any atom is 0.416 e. The van der Waals surface area contributed by atoms with E-state index < -0.39 is 11.7 Å². The zero-order chi connectivity index (χ0) is 25.0. The summed E-state index contributed by atoms with van der Waals surface area (Å²) < 4.78 is 45.9. The second-order valence-electron chi connectivity index (χ2n) is 9.12. The number of likely N-dealkylation sites (tertiary alicyclic amines) is 1. The Bertz CT molecular complexity index is 1070. The third-order valence-corrected chi connectivity index (χ3v) is 6.71. The molecule has 188 valence electrons. The van der Waals surface area contributed by atoms with E-state index in [-0.39, 0.29) is 23.6 Å². The molecule has 1 aliphatic heterocycles. The van der Waals surface area contributed by atoms with Crippen molar-refractivity contribution in [1.29, 1.82) is 0 Å². The molecule has 3 aromatic rings. The number of aromatic hydroxyl groups is 2. The Kier molecular flexibility index (Phi) is 7.60. The smallest absolute Gasteiger partial charge is 0.416 e. The van der Waals surface area contributed by atoms with Crippen LogP contribution in [0.2, 0.25) is 0 Å². The first-order valence-corrected chi connectivity index (χ1v) is 12.0. The molecule has 4 rings (SSSR count). The molecule has 0 aliphatic carbocycles. The number of nitrogens with zero attached hydrogens (tertiary/aromatic N) is 2. The lowest BCUT2D eigenvalue weighted by Crippen LogP contribution is -2.42. The highest BCUT2D eigenvalue weighted by molar-refractivity contribution is 5.44. The van der Waals surface area contributed by atoms with E-state index in [9.17, 15) is 23.4 Å². The number of unbranched alkanes of at least 4 members (excludes halogenated alkanes) is 1. The second kappa shape index (κ2) is 10.6. The predicted octanol–water partition coefficient (Wildman–Crippen LogP) is 6.19. The number of alkyl halides is 3. The van der Waals surface area contributed by atoms with Crippen LogP contribution in [0.1, 0.15) is 43.2 Å². The molecule has 1 saturated heterocycles. The van der Waals surface area contributed by atoms with Crippen LogP contribution in [0.3, 0.4) is 0 Å². The number of halogens is 3. The quantitative estimate of drug-likeness (QED) is 0.397. The summed E-state index contributed by atoms with van der Waals surface area (Å²) in [7, 11) is 0. The van der Waals surface area contributed by atoms with Crippen molar-refractivity contribution in [3.05, 3.63) is 71.8 Å². The van der Waals surface area contributed by atoms with Gasteiger partial charge in [0.15, 0.2) is 11.8 Å². The van der Waals surface area contributed by atoms with Gasteiger partial charge >= 0.3 is 6.18 Å². The molecule has 1 fully saturated rings. The highest BCUT2D eigenvalue weighted by Crippen LogP contribution is 2.36. The maximum absolute atomic E-state index is 12.9. The molecule has 2 aromatic carbocycles. The molecule has 0 radical (unpaired) electrons. The van der Waals surface area contributed by atoms with E-state index in [0.717, 1.165) is 56.6 Å². The van der Waals surface area contributed by atoms with Crippen LogP contribution >= 0.6 is 0 Å². The summed E-state index contributed by atoms with van der Waals surface area (Å²) in [5, 5.41) is 20.0. The van der Waals surface area contributed by atoms with Crippen LogP contribution in [0.25, 0.3) is 5.69 Å². The van der Waals surface area contributed by atoms with Gasteiger partial charge < -0.3 is 19.8 Å². The van der Waals surface area contributed by atoms with Gasteiger partial charge in [-0.1, -0.05) is 25.5 Å². The van der Waals surface area contributed by atoms with E-state index in [1.165, 1.54) is 28.8 Å². The third kappa shape index (κ3) is 5.93. The normalized spacial score (nSPS) is 19.1. The molecular formula is C27H31F3N2O3. The van der Waals surface area contributed by atoms with Gasteiger partial charge in [-0.15, -0.1) is 0 Å². The Hall–Kier alpha value is -3.13. The fourth-order valence-corrected chi connectivity index (χ4v) is 4.79. The molecule has 0 spiro atoms. The van der Waals surface area contributed by atoms with E-state index in [1.54, 1.807) is 0 Å². The Labute approximate surface area is 203 Å². The molecule has 2 heterocycles. The summed E-state index contributed by atoms with van der Waals surface area (Å²) in [5.41, 5.74) is 1.11. The number of rotatable bonds is 8. The zero-order valence-electron chi connectivity index (χ0n) is 19.7. The van der Waals surface area contributed by atoms with Gasteiger partial charge in [0, 0.05) is 24.6 Å². The summed E-state index contributed by atoms with van der Waals surface area (Å²) in [6, 6.07) is 15.5. The van der Waals surface area contributed by atoms with E-state index in [4.69, 9.17) is 4.74 Å². The molecule has 2 N–H and O–H groups in total. The van der Waals surface area contributed by atoms with Crippen LogP contribution in [0.15, 0.2) is 60.7 Å². The monoisotopic (exact) mass is 488 g/mol. The van der Waals surface area contributed by atoms with Crippen molar-refractivity contribution in [2.75, 3.05) is 26.2 Å². The minimum absolute atomic E-state index is 0.0395. The van der Waals surface area contributed by atoms with E-state index in [2.05, 4.69) is 11.8 Å². The lowest BCUT2D eigenvalue weighted by molar-refractivity contribution is -0.137. The highest BCUT2D eigenvalue weighted by Gasteiger charge is 2.32. The number of piperidine rings is 1. The molecule has 2 atom stereocenters. The Morgan fingerprint density at radius 2 is 1.60 bits per heavy atom.